The molecule has 100 valence electrons. The zero-order chi connectivity index (χ0) is 13.5. The van der Waals surface area contributed by atoms with Gasteiger partial charge in [0.2, 0.25) is 5.95 Å². The Labute approximate surface area is 107 Å². The largest absolute Gasteiger partial charge is 0.453 e. The van der Waals surface area contributed by atoms with Crippen LogP contribution < -0.4 is 10.6 Å². The summed E-state index contributed by atoms with van der Waals surface area (Å²) in [4.78, 5) is 19.5. The summed E-state index contributed by atoms with van der Waals surface area (Å²) in [7, 11) is 1.34. The van der Waals surface area contributed by atoms with Crippen LogP contribution in [0.3, 0.4) is 0 Å². The first-order chi connectivity index (χ1) is 8.52. The fourth-order valence-electron chi connectivity index (χ4n) is 1.33. The van der Waals surface area contributed by atoms with Gasteiger partial charge in [0.05, 0.1) is 7.11 Å². The summed E-state index contributed by atoms with van der Waals surface area (Å²) >= 11 is 0. The predicted molar refractivity (Wildman–Crippen MR) is 69.6 cm³/mol. The van der Waals surface area contributed by atoms with E-state index >= 15 is 0 Å². The lowest BCUT2D eigenvalue weighted by atomic mass is 10.1. The molecule has 0 saturated heterocycles. The number of methoxy groups -OCH3 is 1. The molecule has 0 spiro atoms. The molecule has 0 aromatic carbocycles. The first kappa shape index (κ1) is 14.2. The number of ether oxygens (including phenoxy) is 1. The molecule has 2 N–H and O–H groups in total. The number of carbonyl (C=O) groups is 1. The maximum atomic E-state index is 11.0. The minimum atomic E-state index is -0.443. The van der Waals surface area contributed by atoms with E-state index in [4.69, 9.17) is 0 Å². The Morgan fingerprint density at radius 2 is 2.17 bits per heavy atom. The van der Waals surface area contributed by atoms with Crippen molar-refractivity contribution >= 4 is 12.0 Å². The van der Waals surface area contributed by atoms with Crippen LogP contribution in [-0.4, -0.2) is 35.8 Å². The first-order valence-electron chi connectivity index (χ1n) is 5.94. The lowest BCUT2D eigenvalue weighted by Gasteiger charge is -2.14. The number of nitrogens with zero attached hydrogens (tertiary/aromatic N) is 2. The molecule has 1 aromatic rings. The van der Waals surface area contributed by atoms with Crippen molar-refractivity contribution < 1.29 is 9.53 Å². The van der Waals surface area contributed by atoms with Crippen LogP contribution in [0.4, 0.5) is 10.7 Å². The van der Waals surface area contributed by atoms with Crippen LogP contribution in [0.1, 0.15) is 32.4 Å². The van der Waals surface area contributed by atoms with E-state index in [-0.39, 0.29) is 6.04 Å². The van der Waals surface area contributed by atoms with E-state index in [1.807, 2.05) is 13.0 Å². The molecule has 0 aliphatic heterocycles. The minimum absolute atomic E-state index is 0.0660. The fourth-order valence-corrected chi connectivity index (χ4v) is 1.33. The molecule has 6 heteroatoms. The van der Waals surface area contributed by atoms with Crippen LogP contribution in [-0.2, 0) is 4.74 Å². The van der Waals surface area contributed by atoms with E-state index in [1.54, 1.807) is 6.20 Å². The topological polar surface area (TPSA) is 76.1 Å². The lowest BCUT2D eigenvalue weighted by Crippen LogP contribution is -2.37. The fraction of sp³-hybridized carbons (Fsp3) is 0.583. The van der Waals surface area contributed by atoms with Crippen LogP contribution in [0.2, 0.25) is 0 Å². The van der Waals surface area contributed by atoms with Crippen molar-refractivity contribution in [1.82, 2.24) is 15.3 Å². The van der Waals surface area contributed by atoms with Gasteiger partial charge in [0.15, 0.2) is 0 Å². The number of alkyl carbamates (subject to hydrolysis) is 1. The number of amides is 1. The van der Waals surface area contributed by atoms with Gasteiger partial charge in [-0.3, -0.25) is 0 Å². The van der Waals surface area contributed by atoms with Gasteiger partial charge >= 0.3 is 6.09 Å². The van der Waals surface area contributed by atoms with E-state index in [0.717, 1.165) is 5.69 Å². The summed E-state index contributed by atoms with van der Waals surface area (Å²) in [5, 5.41) is 5.73. The molecular formula is C12H20N4O2. The number of anilines is 1. The SMILES string of the molecule is COC(=O)N[C@H](C)CNc1nccc(C(C)C)n1. The average Bonchev–Trinajstić information content (AvgIpc) is 2.36. The van der Waals surface area contributed by atoms with Gasteiger partial charge in [0.25, 0.3) is 0 Å². The molecule has 0 unspecified atom stereocenters. The molecule has 1 heterocycles. The molecule has 0 fully saturated rings. The lowest BCUT2D eigenvalue weighted by molar-refractivity contribution is 0.168. The van der Waals surface area contributed by atoms with E-state index < -0.39 is 6.09 Å². The Morgan fingerprint density at radius 3 is 2.78 bits per heavy atom. The number of nitrogens with one attached hydrogen (secondary N) is 2. The van der Waals surface area contributed by atoms with Crippen LogP contribution in [0.5, 0.6) is 0 Å². The van der Waals surface area contributed by atoms with Crippen molar-refractivity contribution in [3.63, 3.8) is 0 Å². The molecule has 0 aliphatic carbocycles. The van der Waals surface area contributed by atoms with Crippen molar-refractivity contribution in [2.24, 2.45) is 0 Å². The zero-order valence-electron chi connectivity index (χ0n) is 11.2. The van der Waals surface area contributed by atoms with E-state index in [0.29, 0.717) is 18.4 Å². The third kappa shape index (κ3) is 4.57. The van der Waals surface area contributed by atoms with E-state index in [9.17, 15) is 4.79 Å². The molecule has 0 radical (unpaired) electrons. The number of carbonyl (C=O) groups excluding carboxylic acids is 1. The monoisotopic (exact) mass is 252 g/mol. The van der Waals surface area contributed by atoms with Crippen LogP contribution in [0, 0.1) is 0 Å². The average molecular weight is 252 g/mol. The van der Waals surface area contributed by atoms with Gasteiger partial charge in [-0.05, 0) is 18.9 Å². The Bertz CT molecular complexity index is 395. The second-order valence-electron chi connectivity index (χ2n) is 4.38. The molecule has 1 amide bonds. The third-order valence-electron chi connectivity index (χ3n) is 2.38. The molecule has 1 atom stereocenters. The molecule has 0 bridgehead atoms. The maximum Gasteiger partial charge on any atom is 0.407 e. The highest BCUT2D eigenvalue weighted by atomic mass is 16.5. The highest BCUT2D eigenvalue weighted by Gasteiger charge is 2.08. The summed E-state index contributed by atoms with van der Waals surface area (Å²) in [6.07, 6.45) is 1.28. The zero-order valence-corrected chi connectivity index (χ0v) is 11.2. The number of hydrogen-bond donors (Lipinski definition) is 2. The van der Waals surface area contributed by atoms with Gasteiger partial charge in [-0.15, -0.1) is 0 Å². The maximum absolute atomic E-state index is 11.0. The Morgan fingerprint density at radius 1 is 1.44 bits per heavy atom. The van der Waals surface area contributed by atoms with Crippen molar-refractivity contribution in [3.05, 3.63) is 18.0 Å². The predicted octanol–water partition coefficient (Wildman–Crippen LogP) is 1.76. The van der Waals surface area contributed by atoms with Gasteiger partial charge in [-0.1, -0.05) is 13.8 Å². The van der Waals surface area contributed by atoms with Crippen LogP contribution in [0.15, 0.2) is 12.3 Å². The summed E-state index contributed by atoms with van der Waals surface area (Å²) in [6.45, 7) is 6.56. The second-order valence-corrected chi connectivity index (χ2v) is 4.38. The van der Waals surface area contributed by atoms with E-state index in [2.05, 4.69) is 39.2 Å². The molecule has 1 rings (SSSR count). The van der Waals surface area contributed by atoms with Crippen molar-refractivity contribution in [2.45, 2.75) is 32.7 Å². The highest BCUT2D eigenvalue weighted by Crippen LogP contribution is 2.11. The van der Waals surface area contributed by atoms with Gasteiger partial charge < -0.3 is 15.4 Å². The number of hydrogen-bond acceptors (Lipinski definition) is 5. The summed E-state index contributed by atoms with van der Waals surface area (Å²) in [6, 6.07) is 1.83. The number of aromatic nitrogens is 2. The molecule has 0 saturated carbocycles. The second kappa shape index (κ2) is 6.78. The smallest absolute Gasteiger partial charge is 0.407 e. The molecule has 18 heavy (non-hydrogen) atoms. The minimum Gasteiger partial charge on any atom is -0.453 e. The normalized spacial score (nSPS) is 12.1. The molecule has 0 aliphatic rings. The number of rotatable bonds is 5. The summed E-state index contributed by atoms with van der Waals surface area (Å²) in [5.41, 5.74) is 0.987. The van der Waals surface area contributed by atoms with Gasteiger partial charge in [0, 0.05) is 24.5 Å². The van der Waals surface area contributed by atoms with Crippen LogP contribution in [0.25, 0.3) is 0 Å². The van der Waals surface area contributed by atoms with Crippen molar-refractivity contribution in [2.75, 3.05) is 19.0 Å². The van der Waals surface area contributed by atoms with Crippen molar-refractivity contribution in [3.8, 4) is 0 Å². The van der Waals surface area contributed by atoms with Crippen LogP contribution >= 0.6 is 0 Å². The Hall–Kier alpha value is -1.85. The quantitative estimate of drug-likeness (QED) is 0.835. The third-order valence-corrected chi connectivity index (χ3v) is 2.38. The first-order valence-corrected chi connectivity index (χ1v) is 5.94. The van der Waals surface area contributed by atoms with Crippen molar-refractivity contribution in [1.29, 1.82) is 0 Å². The molecular weight excluding hydrogens is 232 g/mol. The highest BCUT2D eigenvalue weighted by molar-refractivity contribution is 5.67. The van der Waals surface area contributed by atoms with Gasteiger partial charge in [-0.25, -0.2) is 14.8 Å². The van der Waals surface area contributed by atoms with Gasteiger partial charge in [-0.2, -0.15) is 0 Å². The standard InChI is InChI=1S/C12H20N4O2/c1-8(2)10-5-6-13-11(16-10)14-7-9(3)15-12(17)18-4/h5-6,8-9H,7H2,1-4H3,(H,15,17)(H,13,14,16)/t9-/m1/s1. The van der Waals surface area contributed by atoms with E-state index in [1.165, 1.54) is 7.11 Å². The van der Waals surface area contributed by atoms with Gasteiger partial charge in [0.1, 0.15) is 0 Å². The summed E-state index contributed by atoms with van der Waals surface area (Å²) in [5.74, 6) is 0.930. The molecule has 1 aromatic heterocycles. The Kier molecular flexibility index (Phi) is 5.35. The Balaban J connectivity index is 2.48. The summed E-state index contributed by atoms with van der Waals surface area (Å²) < 4.78 is 4.51. The molecule has 6 nitrogen and oxygen atoms in total.